The quantitative estimate of drug-likeness (QED) is 0.847. The topological polar surface area (TPSA) is 59.0 Å². The Morgan fingerprint density at radius 2 is 2.25 bits per heavy atom. The molecule has 3 unspecified atom stereocenters. The zero-order valence-electron chi connectivity index (χ0n) is 12.1. The third-order valence-corrected chi connectivity index (χ3v) is 5.13. The summed E-state index contributed by atoms with van der Waals surface area (Å²) >= 11 is 0. The molecule has 3 saturated heterocycles. The van der Waals surface area contributed by atoms with Crippen LogP contribution in [0.25, 0.3) is 0 Å². The molecule has 0 radical (unpaired) electrons. The summed E-state index contributed by atoms with van der Waals surface area (Å²) in [6.07, 6.45) is 5.49. The van der Waals surface area contributed by atoms with Gasteiger partial charge < -0.3 is 14.6 Å². The van der Waals surface area contributed by atoms with Crippen LogP contribution in [0.4, 0.5) is 0 Å². The van der Waals surface area contributed by atoms with Crippen molar-refractivity contribution in [3.8, 4) is 0 Å². The summed E-state index contributed by atoms with van der Waals surface area (Å²) in [5, 5.41) is 8.78. The molecule has 3 aliphatic heterocycles. The molecule has 5 nitrogen and oxygen atoms in total. The van der Waals surface area contributed by atoms with Gasteiger partial charge in [0, 0.05) is 38.6 Å². The molecule has 0 aromatic rings. The predicted molar refractivity (Wildman–Crippen MR) is 73.7 cm³/mol. The second-order valence-corrected chi connectivity index (χ2v) is 6.56. The Labute approximate surface area is 120 Å². The van der Waals surface area contributed by atoms with E-state index in [1.165, 1.54) is 0 Å². The number of nitrogens with zero attached hydrogens (tertiary/aromatic N) is 1. The van der Waals surface area contributed by atoms with Crippen molar-refractivity contribution in [1.82, 2.24) is 4.90 Å². The van der Waals surface area contributed by atoms with E-state index < -0.39 is 5.97 Å². The number of carbonyl (C=O) groups is 1. The Hall–Kier alpha value is -0.650. The first-order chi connectivity index (χ1) is 9.67. The summed E-state index contributed by atoms with van der Waals surface area (Å²) in [5.41, 5.74) is -0.0257. The van der Waals surface area contributed by atoms with Gasteiger partial charge in [0.25, 0.3) is 0 Å². The van der Waals surface area contributed by atoms with Crippen molar-refractivity contribution in [1.29, 1.82) is 0 Å². The van der Waals surface area contributed by atoms with Crippen molar-refractivity contribution >= 4 is 5.97 Å². The summed E-state index contributed by atoms with van der Waals surface area (Å²) in [6.45, 7) is 4.60. The van der Waals surface area contributed by atoms with E-state index in [1.807, 2.05) is 0 Å². The first kappa shape index (κ1) is 14.3. The molecule has 0 bridgehead atoms. The maximum absolute atomic E-state index is 10.7. The monoisotopic (exact) mass is 283 g/mol. The maximum Gasteiger partial charge on any atom is 0.303 e. The second-order valence-electron chi connectivity index (χ2n) is 6.56. The number of ether oxygens (including phenoxy) is 2. The number of carboxylic acid groups (broad SMARTS) is 1. The molecular formula is C15H25NO4. The lowest BCUT2D eigenvalue weighted by Crippen LogP contribution is -2.48. The Kier molecular flexibility index (Phi) is 4.29. The van der Waals surface area contributed by atoms with Crippen LogP contribution in [-0.4, -0.2) is 60.5 Å². The second kappa shape index (κ2) is 6.00. The average molecular weight is 283 g/mol. The lowest BCUT2D eigenvalue weighted by molar-refractivity contribution is -0.137. The Balaban J connectivity index is 1.51. The Morgan fingerprint density at radius 3 is 3.00 bits per heavy atom. The zero-order valence-corrected chi connectivity index (χ0v) is 12.1. The Bertz CT molecular complexity index is 354. The van der Waals surface area contributed by atoms with Crippen molar-refractivity contribution in [3.05, 3.63) is 0 Å². The van der Waals surface area contributed by atoms with Crippen LogP contribution in [0.15, 0.2) is 0 Å². The van der Waals surface area contributed by atoms with Crippen molar-refractivity contribution in [2.45, 2.75) is 50.2 Å². The molecule has 0 aliphatic carbocycles. The lowest BCUT2D eigenvalue weighted by atomic mass is 9.89. The van der Waals surface area contributed by atoms with Crippen LogP contribution in [-0.2, 0) is 14.3 Å². The number of carboxylic acids is 1. The number of likely N-dealkylation sites (tertiary alicyclic amines) is 1. The maximum atomic E-state index is 10.7. The van der Waals surface area contributed by atoms with Crippen molar-refractivity contribution < 1.29 is 19.4 Å². The summed E-state index contributed by atoms with van der Waals surface area (Å²) < 4.78 is 11.5. The molecule has 0 amide bonds. The van der Waals surface area contributed by atoms with Crippen molar-refractivity contribution in [2.75, 3.05) is 32.9 Å². The van der Waals surface area contributed by atoms with E-state index in [0.717, 1.165) is 65.0 Å². The molecule has 20 heavy (non-hydrogen) atoms. The average Bonchev–Trinajstić information content (AvgIpc) is 3.06. The van der Waals surface area contributed by atoms with Crippen molar-refractivity contribution in [2.24, 2.45) is 5.92 Å². The lowest BCUT2D eigenvalue weighted by Gasteiger charge is -2.41. The number of hydrogen-bond acceptors (Lipinski definition) is 4. The highest BCUT2D eigenvalue weighted by atomic mass is 16.6. The third-order valence-electron chi connectivity index (χ3n) is 5.13. The fourth-order valence-electron chi connectivity index (χ4n) is 3.93. The molecule has 114 valence electrons. The first-order valence-electron chi connectivity index (χ1n) is 7.84. The van der Waals surface area contributed by atoms with E-state index in [4.69, 9.17) is 14.6 Å². The molecule has 1 spiro atoms. The van der Waals surface area contributed by atoms with Gasteiger partial charge in [-0.1, -0.05) is 0 Å². The van der Waals surface area contributed by atoms with Gasteiger partial charge in [-0.3, -0.25) is 9.69 Å². The molecule has 0 saturated carbocycles. The minimum Gasteiger partial charge on any atom is -0.481 e. The molecular weight excluding hydrogens is 258 g/mol. The van der Waals surface area contributed by atoms with E-state index in [-0.39, 0.29) is 5.60 Å². The van der Waals surface area contributed by atoms with Crippen LogP contribution in [0.3, 0.4) is 0 Å². The summed E-state index contributed by atoms with van der Waals surface area (Å²) in [4.78, 5) is 13.2. The van der Waals surface area contributed by atoms with Gasteiger partial charge in [0.1, 0.15) is 0 Å². The standard InChI is InChI=1S/C15H25NO4/c17-14(18)2-1-12-3-6-16(10-12)13-4-7-20-15(9-13)5-8-19-11-15/h12-13H,1-11H2,(H,17,18). The molecule has 3 atom stereocenters. The van der Waals surface area contributed by atoms with E-state index in [9.17, 15) is 4.79 Å². The van der Waals surface area contributed by atoms with Crippen LogP contribution >= 0.6 is 0 Å². The molecule has 3 fully saturated rings. The summed E-state index contributed by atoms with van der Waals surface area (Å²) in [7, 11) is 0. The van der Waals surface area contributed by atoms with Crippen LogP contribution < -0.4 is 0 Å². The van der Waals surface area contributed by atoms with Gasteiger partial charge in [-0.2, -0.15) is 0 Å². The van der Waals surface area contributed by atoms with E-state index >= 15 is 0 Å². The highest BCUT2D eigenvalue weighted by molar-refractivity contribution is 5.66. The predicted octanol–water partition coefficient (Wildman–Crippen LogP) is 1.51. The fraction of sp³-hybridized carbons (Fsp3) is 0.933. The fourth-order valence-corrected chi connectivity index (χ4v) is 3.93. The number of hydrogen-bond donors (Lipinski definition) is 1. The Morgan fingerprint density at radius 1 is 1.35 bits per heavy atom. The van der Waals surface area contributed by atoms with Gasteiger partial charge in [-0.15, -0.1) is 0 Å². The van der Waals surface area contributed by atoms with Gasteiger partial charge in [-0.05, 0) is 38.1 Å². The molecule has 3 aliphatic rings. The number of aliphatic carboxylic acids is 1. The van der Waals surface area contributed by atoms with Gasteiger partial charge in [-0.25, -0.2) is 0 Å². The summed E-state index contributed by atoms with van der Waals surface area (Å²) in [5.74, 6) is -0.110. The minimum absolute atomic E-state index is 0.0257. The molecule has 5 heteroatoms. The first-order valence-corrected chi connectivity index (χ1v) is 7.84. The van der Waals surface area contributed by atoms with Crippen LogP contribution in [0.5, 0.6) is 0 Å². The van der Waals surface area contributed by atoms with E-state index in [2.05, 4.69) is 4.90 Å². The van der Waals surface area contributed by atoms with Gasteiger partial charge >= 0.3 is 5.97 Å². The zero-order chi connectivity index (χ0) is 14.0. The molecule has 0 aromatic carbocycles. The van der Waals surface area contributed by atoms with Crippen LogP contribution in [0, 0.1) is 5.92 Å². The smallest absolute Gasteiger partial charge is 0.303 e. The van der Waals surface area contributed by atoms with Crippen LogP contribution in [0.2, 0.25) is 0 Å². The van der Waals surface area contributed by atoms with Crippen LogP contribution in [0.1, 0.15) is 38.5 Å². The van der Waals surface area contributed by atoms with Gasteiger partial charge in [0.15, 0.2) is 0 Å². The molecule has 3 rings (SSSR count). The highest BCUT2D eigenvalue weighted by Crippen LogP contribution is 2.36. The largest absolute Gasteiger partial charge is 0.481 e. The normalized spacial score (nSPS) is 38.6. The minimum atomic E-state index is -0.670. The third kappa shape index (κ3) is 3.15. The highest BCUT2D eigenvalue weighted by Gasteiger charge is 2.43. The van der Waals surface area contributed by atoms with Crippen molar-refractivity contribution in [3.63, 3.8) is 0 Å². The number of rotatable bonds is 4. The molecule has 1 N–H and O–H groups in total. The SMILES string of the molecule is O=C(O)CCC1CCN(C2CCOC3(CCOC3)C2)C1. The molecule has 0 aromatic heterocycles. The van der Waals surface area contributed by atoms with Gasteiger partial charge in [0.05, 0.1) is 12.2 Å². The van der Waals surface area contributed by atoms with Gasteiger partial charge in [0.2, 0.25) is 0 Å². The summed E-state index contributed by atoms with van der Waals surface area (Å²) in [6, 6.07) is 0.597. The molecule has 3 heterocycles. The van der Waals surface area contributed by atoms with E-state index in [1.54, 1.807) is 0 Å². The van der Waals surface area contributed by atoms with E-state index in [0.29, 0.717) is 18.4 Å².